The molecule has 0 aliphatic heterocycles. The number of rotatable bonds is 6. The zero-order valence-corrected chi connectivity index (χ0v) is 17.4. The quantitative estimate of drug-likeness (QED) is 0.348. The molecule has 0 aromatic heterocycles. The van der Waals surface area contributed by atoms with Gasteiger partial charge in [-0.1, -0.05) is 0 Å². The van der Waals surface area contributed by atoms with Crippen LogP contribution in [-0.2, 0) is 53.4 Å². The van der Waals surface area contributed by atoms with Crippen LogP contribution in [0.2, 0.25) is 0 Å². The zero-order valence-electron chi connectivity index (χ0n) is 11.2. The maximum absolute atomic E-state index is 10.3. The summed E-state index contributed by atoms with van der Waals surface area (Å²) in [5.41, 5.74) is 0. The number of halogens is 2. The van der Waals surface area contributed by atoms with Gasteiger partial charge >= 0.3 is 73.2 Å². The molecule has 0 heterocycles. The van der Waals surface area contributed by atoms with Crippen LogP contribution in [0.1, 0.15) is 13.8 Å². The van der Waals surface area contributed by atoms with Gasteiger partial charge in [-0.2, -0.15) is 0 Å². The van der Waals surface area contributed by atoms with E-state index in [2.05, 4.69) is 84.5 Å². The van der Waals surface area contributed by atoms with Crippen LogP contribution in [-0.4, -0.2) is 25.2 Å². The minimum absolute atomic E-state index is 0.331. The van der Waals surface area contributed by atoms with Gasteiger partial charge in [0.15, 0.2) is 0 Å². The maximum atomic E-state index is 10.3. The number of carbonyl (C=O) groups is 2. The molecule has 122 valence electrons. The molecule has 0 fully saturated rings. The number of carbonyl (C=O) groups excluding carboxylic acids is 2. The Kier molecular flexibility index (Phi) is 47.2. The normalized spacial score (nSPS) is 7.70. The minimum Gasteiger partial charge on any atom is -0.466 e. The van der Waals surface area contributed by atoms with Crippen molar-refractivity contribution in [3.63, 3.8) is 0 Å². The Balaban J connectivity index is -0.000000102. The predicted molar refractivity (Wildman–Crippen MR) is 79.0 cm³/mol. The molecule has 0 amide bonds. The van der Waals surface area contributed by atoms with E-state index < -0.39 is 0 Å². The number of hydrogen-bond acceptors (Lipinski definition) is 4. The molecular weight excluding hydrogens is 581 g/mol. The Bertz CT molecular complexity index is 160. The first-order valence-electron chi connectivity index (χ1n) is 5.11. The molecule has 0 unspecified atom stereocenters. The van der Waals surface area contributed by atoms with Crippen molar-refractivity contribution >= 4 is 38.8 Å². The van der Waals surface area contributed by atoms with Crippen molar-refractivity contribution in [3.05, 3.63) is 39.5 Å². The fourth-order valence-electron chi connectivity index (χ4n) is 0.573. The van der Waals surface area contributed by atoms with Gasteiger partial charge in [-0.15, -0.1) is 0 Å². The summed E-state index contributed by atoms with van der Waals surface area (Å²) < 4.78 is 9.03. The molecule has 4 nitrogen and oxygen atoms in total. The van der Waals surface area contributed by atoms with Gasteiger partial charge in [0.05, 0.1) is 26.1 Å². The van der Waals surface area contributed by atoms with E-state index in [9.17, 15) is 9.59 Å². The zero-order chi connectivity index (χ0) is 16.8. The first kappa shape index (κ1) is 29.3. The average molecular weight is 599 g/mol. The molecule has 0 rings (SSSR count). The SMILES string of the molecule is [Br][Pd+].[Br][Pd+].[CH2][CH][CH]C(=O)OCC.[CH2][CH][CH]C(=O)OCC. The second-order valence-electron chi connectivity index (χ2n) is 2.31. The maximum Gasteiger partial charge on any atom is 0.310 e. The van der Waals surface area contributed by atoms with Crippen LogP contribution in [0.4, 0.5) is 0 Å². The summed E-state index contributed by atoms with van der Waals surface area (Å²) in [6.45, 7) is 11.0. The summed E-state index contributed by atoms with van der Waals surface area (Å²) >= 11 is 10.7. The van der Waals surface area contributed by atoms with E-state index in [0.29, 0.717) is 13.2 Å². The Labute approximate surface area is 157 Å². The summed E-state index contributed by atoms with van der Waals surface area (Å²) in [4.78, 5) is 20.6. The third-order valence-corrected chi connectivity index (χ3v) is 1.08. The molecule has 0 saturated carbocycles. The van der Waals surface area contributed by atoms with Gasteiger partial charge in [0, 0.05) is 0 Å². The van der Waals surface area contributed by atoms with E-state index >= 15 is 0 Å². The number of hydrogen-bond donors (Lipinski definition) is 0. The molecule has 0 aromatic rings. The molecule has 0 saturated heterocycles. The van der Waals surface area contributed by atoms with Crippen LogP contribution in [0.15, 0.2) is 0 Å². The molecule has 0 aliphatic rings. The van der Waals surface area contributed by atoms with Crippen molar-refractivity contribution in [3.8, 4) is 0 Å². The topological polar surface area (TPSA) is 52.6 Å². The Morgan fingerprint density at radius 3 is 1.30 bits per heavy atom. The fraction of sp³-hybridized carbons (Fsp3) is 0.333. The van der Waals surface area contributed by atoms with E-state index in [1.807, 2.05) is 0 Å². The third-order valence-electron chi connectivity index (χ3n) is 1.08. The number of ether oxygens (including phenoxy) is 2. The second-order valence-corrected chi connectivity index (χ2v) is 2.31. The number of esters is 2. The molecule has 0 aromatic carbocycles. The van der Waals surface area contributed by atoms with Crippen molar-refractivity contribution in [2.24, 2.45) is 0 Å². The second kappa shape index (κ2) is 32.2. The van der Waals surface area contributed by atoms with Gasteiger partial charge in [0.25, 0.3) is 0 Å². The van der Waals surface area contributed by atoms with Crippen molar-refractivity contribution in [2.45, 2.75) is 13.8 Å². The van der Waals surface area contributed by atoms with E-state index in [0.717, 1.165) is 0 Å². The summed E-state index contributed by atoms with van der Waals surface area (Å²) in [7, 11) is 0. The molecule has 8 heteroatoms. The summed E-state index contributed by atoms with van der Waals surface area (Å²) in [6, 6.07) is 0. The summed E-state index contributed by atoms with van der Waals surface area (Å²) in [5.74, 6) is -0.662. The molecule has 0 spiro atoms. The first-order valence-corrected chi connectivity index (χ1v) is 12.2. The molecule has 20 heavy (non-hydrogen) atoms. The van der Waals surface area contributed by atoms with E-state index in [-0.39, 0.29) is 11.9 Å². The van der Waals surface area contributed by atoms with E-state index in [1.54, 1.807) is 13.8 Å². The van der Waals surface area contributed by atoms with Crippen LogP contribution < -0.4 is 0 Å². The fourth-order valence-corrected chi connectivity index (χ4v) is 0.573. The summed E-state index contributed by atoms with van der Waals surface area (Å²) in [5, 5.41) is 0. The van der Waals surface area contributed by atoms with Gasteiger partial charge in [0.2, 0.25) is 0 Å². The minimum atomic E-state index is -0.331. The van der Waals surface area contributed by atoms with Gasteiger partial charge in [-0.05, 0) is 40.5 Å². The Morgan fingerprint density at radius 1 is 0.900 bits per heavy atom. The van der Waals surface area contributed by atoms with E-state index in [4.69, 9.17) is 0 Å². The molecular formula is C12H18Br2O4Pd2+2. The molecule has 0 aliphatic carbocycles. The average Bonchev–Trinajstić information content (AvgIpc) is 2.45. The third kappa shape index (κ3) is 36.5. The van der Waals surface area contributed by atoms with Crippen molar-refractivity contribution in [1.82, 2.24) is 0 Å². The molecule has 0 atom stereocenters. The first-order chi connectivity index (χ1) is 9.62. The van der Waals surface area contributed by atoms with E-state index in [1.165, 1.54) is 25.7 Å². The summed E-state index contributed by atoms with van der Waals surface area (Å²) in [6.07, 6.45) is 5.36. The molecule has 6 radical (unpaired) electrons. The largest absolute Gasteiger partial charge is 0.466 e. The van der Waals surface area contributed by atoms with Gasteiger partial charge < -0.3 is 9.47 Å². The standard InChI is InChI=1S/2C6H9O2.2BrH.2Pd/c2*1-3-5-6(7)8-4-2;;;;/h2*3,5H,1,4H2,2H3;2*1H;;/q;;;;2*+2/p-2. The predicted octanol–water partition coefficient (Wildman–Crippen LogP) is 3.27. The van der Waals surface area contributed by atoms with Gasteiger partial charge in [0.1, 0.15) is 0 Å². The smallest absolute Gasteiger partial charge is 0.310 e. The van der Waals surface area contributed by atoms with Crippen LogP contribution in [0.5, 0.6) is 0 Å². The van der Waals surface area contributed by atoms with Gasteiger partial charge in [-0.3, -0.25) is 9.59 Å². The van der Waals surface area contributed by atoms with Crippen LogP contribution in [0, 0.1) is 39.5 Å². The van der Waals surface area contributed by atoms with Crippen molar-refractivity contribution in [2.75, 3.05) is 13.2 Å². The van der Waals surface area contributed by atoms with Crippen LogP contribution in [0.25, 0.3) is 0 Å². The van der Waals surface area contributed by atoms with Crippen molar-refractivity contribution in [1.29, 1.82) is 0 Å². The molecule has 0 bridgehead atoms. The monoisotopic (exact) mass is 596 g/mol. The van der Waals surface area contributed by atoms with Crippen LogP contribution in [0.3, 0.4) is 0 Å². The molecule has 0 N–H and O–H groups in total. The Hall–Kier alpha value is 1.22. The Morgan fingerprint density at radius 2 is 1.15 bits per heavy atom. The van der Waals surface area contributed by atoms with Crippen LogP contribution >= 0.6 is 26.9 Å². The van der Waals surface area contributed by atoms with Gasteiger partial charge in [-0.25, -0.2) is 0 Å². The van der Waals surface area contributed by atoms with Crippen molar-refractivity contribution < 1.29 is 53.4 Å².